The zero-order valence-corrected chi connectivity index (χ0v) is 16.8. The molecule has 2 N–H and O–H groups in total. The highest BCUT2D eigenvalue weighted by Gasteiger charge is 2.21. The minimum atomic E-state index is -0.501. The molecule has 0 aliphatic carbocycles. The quantitative estimate of drug-likeness (QED) is 0.672. The molecule has 1 atom stereocenters. The van der Waals surface area contributed by atoms with E-state index in [2.05, 4.69) is 15.5 Å². The number of likely N-dealkylation sites (N-methyl/N-ethyl adjacent to an activating group) is 1. The second-order valence-electron chi connectivity index (χ2n) is 6.26. The molecule has 0 aliphatic heterocycles. The van der Waals surface area contributed by atoms with Crippen molar-refractivity contribution >= 4 is 23.4 Å². The second-order valence-corrected chi connectivity index (χ2v) is 6.66. The number of hydrogen-bond acceptors (Lipinski definition) is 3. The molecule has 2 aromatic carbocycles. The van der Waals surface area contributed by atoms with E-state index >= 15 is 0 Å². The van der Waals surface area contributed by atoms with E-state index in [9.17, 15) is 14.0 Å². The fraction of sp³-hybridized carbons (Fsp3) is 0.333. The molecule has 1 unspecified atom stereocenters. The number of hydrogen-bond donors (Lipinski definition) is 2. The summed E-state index contributed by atoms with van der Waals surface area (Å²) in [6.07, 6.45) is 0. The van der Waals surface area contributed by atoms with Gasteiger partial charge in [-0.1, -0.05) is 49.7 Å². The summed E-state index contributed by atoms with van der Waals surface area (Å²) in [7, 11) is 0. The maximum Gasteiger partial charge on any atom is 0.251 e. The van der Waals surface area contributed by atoms with Gasteiger partial charge in [-0.2, -0.15) is 0 Å². The van der Waals surface area contributed by atoms with Crippen LogP contribution in [0.3, 0.4) is 0 Å². The topological polar surface area (TPSA) is 61.4 Å². The van der Waals surface area contributed by atoms with Crippen molar-refractivity contribution in [3.8, 4) is 0 Å². The first-order valence-electron chi connectivity index (χ1n) is 9.25. The van der Waals surface area contributed by atoms with Gasteiger partial charge in [0, 0.05) is 17.1 Å². The van der Waals surface area contributed by atoms with Crippen LogP contribution in [0.1, 0.15) is 35.8 Å². The number of nitrogens with zero attached hydrogens (tertiary/aromatic N) is 1. The van der Waals surface area contributed by atoms with Crippen molar-refractivity contribution in [1.82, 2.24) is 15.5 Å². The van der Waals surface area contributed by atoms with Crippen molar-refractivity contribution in [1.29, 1.82) is 0 Å². The van der Waals surface area contributed by atoms with Gasteiger partial charge in [0.2, 0.25) is 5.91 Å². The van der Waals surface area contributed by atoms with E-state index in [0.717, 1.165) is 24.7 Å². The van der Waals surface area contributed by atoms with Crippen LogP contribution >= 0.6 is 11.6 Å². The summed E-state index contributed by atoms with van der Waals surface area (Å²) < 4.78 is 13.2. The van der Waals surface area contributed by atoms with E-state index < -0.39 is 11.7 Å². The fourth-order valence-electron chi connectivity index (χ4n) is 3.01. The minimum absolute atomic E-state index is 0.0772. The molecule has 28 heavy (non-hydrogen) atoms. The SMILES string of the molecule is CCN(CC)C(CNC(=O)CNC(=O)c1cccc(F)c1)c1ccccc1Cl. The Morgan fingerprint density at radius 3 is 2.43 bits per heavy atom. The minimum Gasteiger partial charge on any atom is -0.353 e. The molecule has 7 heteroatoms. The number of benzene rings is 2. The number of rotatable bonds is 9. The highest BCUT2D eigenvalue weighted by molar-refractivity contribution is 6.31. The van der Waals surface area contributed by atoms with Crippen LogP contribution in [0, 0.1) is 5.82 Å². The lowest BCUT2D eigenvalue weighted by molar-refractivity contribution is -0.120. The smallest absolute Gasteiger partial charge is 0.251 e. The molecular weight excluding hydrogens is 381 g/mol. The van der Waals surface area contributed by atoms with E-state index in [1.165, 1.54) is 18.2 Å². The Labute approximate surface area is 169 Å². The third kappa shape index (κ3) is 6.04. The zero-order chi connectivity index (χ0) is 20.5. The Hall–Kier alpha value is -2.44. The summed E-state index contributed by atoms with van der Waals surface area (Å²) >= 11 is 6.35. The molecule has 0 fully saturated rings. The summed E-state index contributed by atoms with van der Waals surface area (Å²) in [6.45, 7) is 5.88. The van der Waals surface area contributed by atoms with Gasteiger partial charge in [0.05, 0.1) is 12.6 Å². The standard InChI is InChI=1S/C21H25ClFN3O2/c1-3-26(4-2)19(17-10-5-6-11-18(17)22)13-24-20(27)14-25-21(28)15-8-7-9-16(23)12-15/h5-12,19H,3-4,13-14H2,1-2H3,(H,24,27)(H,25,28). The number of carbonyl (C=O) groups is 2. The summed E-state index contributed by atoms with van der Waals surface area (Å²) in [6, 6.07) is 12.8. The molecule has 0 saturated heterocycles. The second kappa shape index (κ2) is 10.8. The summed E-state index contributed by atoms with van der Waals surface area (Å²) in [5.41, 5.74) is 1.11. The van der Waals surface area contributed by atoms with Gasteiger partial charge >= 0.3 is 0 Å². The highest BCUT2D eigenvalue weighted by Crippen LogP contribution is 2.26. The molecule has 0 aliphatic rings. The summed E-state index contributed by atoms with van der Waals surface area (Å²) in [5, 5.41) is 5.99. The van der Waals surface area contributed by atoms with Crippen molar-refractivity contribution in [2.45, 2.75) is 19.9 Å². The lowest BCUT2D eigenvalue weighted by atomic mass is 10.0. The van der Waals surface area contributed by atoms with Crippen molar-refractivity contribution in [3.05, 3.63) is 70.5 Å². The summed E-state index contributed by atoms with van der Waals surface area (Å²) in [4.78, 5) is 26.4. The van der Waals surface area contributed by atoms with Crippen LogP contribution in [-0.4, -0.2) is 42.9 Å². The Bertz CT molecular complexity index is 812. The molecule has 0 spiro atoms. The van der Waals surface area contributed by atoms with Crippen molar-refractivity contribution in [2.75, 3.05) is 26.2 Å². The van der Waals surface area contributed by atoms with E-state index in [-0.39, 0.29) is 24.1 Å². The molecule has 2 rings (SSSR count). The molecule has 2 amide bonds. The van der Waals surface area contributed by atoms with Crippen molar-refractivity contribution in [2.24, 2.45) is 0 Å². The third-order valence-electron chi connectivity index (χ3n) is 4.51. The monoisotopic (exact) mass is 405 g/mol. The van der Waals surface area contributed by atoms with Crippen molar-refractivity contribution < 1.29 is 14.0 Å². The number of amides is 2. The van der Waals surface area contributed by atoms with Crippen LogP contribution in [0.4, 0.5) is 4.39 Å². The van der Waals surface area contributed by atoms with Crippen LogP contribution in [-0.2, 0) is 4.79 Å². The molecule has 0 aromatic heterocycles. The van der Waals surface area contributed by atoms with E-state index in [1.54, 1.807) is 0 Å². The number of carbonyl (C=O) groups excluding carboxylic acids is 2. The van der Waals surface area contributed by atoms with Crippen molar-refractivity contribution in [3.63, 3.8) is 0 Å². The average Bonchev–Trinajstić information content (AvgIpc) is 2.70. The van der Waals surface area contributed by atoms with E-state index in [1.807, 2.05) is 38.1 Å². The van der Waals surface area contributed by atoms with Gasteiger partial charge in [0.25, 0.3) is 5.91 Å². The lowest BCUT2D eigenvalue weighted by Gasteiger charge is -2.31. The third-order valence-corrected chi connectivity index (χ3v) is 4.85. The van der Waals surface area contributed by atoms with E-state index in [4.69, 9.17) is 11.6 Å². The van der Waals surface area contributed by atoms with Gasteiger partial charge in [-0.25, -0.2) is 4.39 Å². The molecule has 0 bridgehead atoms. The van der Waals surface area contributed by atoms with E-state index in [0.29, 0.717) is 11.6 Å². The maximum atomic E-state index is 13.2. The predicted molar refractivity (Wildman–Crippen MR) is 109 cm³/mol. The van der Waals surface area contributed by atoms with Gasteiger partial charge in [0.15, 0.2) is 0 Å². The Morgan fingerprint density at radius 1 is 1.07 bits per heavy atom. The van der Waals surface area contributed by atoms with Crippen LogP contribution in [0.25, 0.3) is 0 Å². The van der Waals surface area contributed by atoms with Crippen LogP contribution in [0.2, 0.25) is 5.02 Å². The molecule has 2 aromatic rings. The predicted octanol–water partition coefficient (Wildman–Crippen LogP) is 3.41. The largest absolute Gasteiger partial charge is 0.353 e. The maximum absolute atomic E-state index is 13.2. The molecule has 0 saturated carbocycles. The first-order chi connectivity index (χ1) is 13.5. The van der Waals surface area contributed by atoms with Gasteiger partial charge < -0.3 is 10.6 Å². The molecule has 150 valence electrons. The molecular formula is C21H25ClFN3O2. The van der Waals surface area contributed by atoms with Gasteiger partial charge in [-0.15, -0.1) is 0 Å². The molecule has 0 heterocycles. The Kier molecular flexibility index (Phi) is 8.42. The Balaban J connectivity index is 1.96. The van der Waals surface area contributed by atoms with Gasteiger partial charge in [-0.3, -0.25) is 14.5 Å². The van der Waals surface area contributed by atoms with Crippen LogP contribution in [0.15, 0.2) is 48.5 Å². The number of halogens is 2. The molecule has 0 radical (unpaired) electrons. The fourth-order valence-corrected chi connectivity index (χ4v) is 3.27. The first kappa shape index (κ1) is 21.9. The summed E-state index contributed by atoms with van der Waals surface area (Å²) in [5.74, 6) is -1.33. The van der Waals surface area contributed by atoms with Gasteiger partial charge in [0.1, 0.15) is 5.82 Å². The number of nitrogens with one attached hydrogen (secondary N) is 2. The zero-order valence-electron chi connectivity index (χ0n) is 16.0. The average molecular weight is 406 g/mol. The molecule has 5 nitrogen and oxygen atoms in total. The van der Waals surface area contributed by atoms with Crippen LogP contribution in [0.5, 0.6) is 0 Å². The van der Waals surface area contributed by atoms with Gasteiger partial charge in [-0.05, 0) is 42.9 Å². The highest BCUT2D eigenvalue weighted by atomic mass is 35.5. The normalized spacial score (nSPS) is 11.9. The van der Waals surface area contributed by atoms with Crippen LogP contribution < -0.4 is 10.6 Å². The first-order valence-corrected chi connectivity index (χ1v) is 9.63. The lowest BCUT2D eigenvalue weighted by Crippen LogP contribution is -2.42. The Morgan fingerprint density at radius 2 is 1.79 bits per heavy atom.